The maximum Gasteiger partial charge on any atom is 0.0478 e. The molecule has 0 spiro atoms. The van der Waals surface area contributed by atoms with E-state index in [1.54, 1.807) is 0 Å². The number of aryl methyl sites for hydroxylation is 1. The van der Waals surface area contributed by atoms with Crippen molar-refractivity contribution in [3.05, 3.63) is 28.8 Å². The van der Waals surface area contributed by atoms with E-state index in [-0.39, 0.29) is 6.61 Å². The van der Waals surface area contributed by atoms with Crippen LogP contribution in [0.25, 0.3) is 0 Å². The molecule has 0 fully saturated rings. The number of aliphatic hydroxyl groups is 1. The summed E-state index contributed by atoms with van der Waals surface area (Å²) in [6, 6.07) is 4.28. The molecule has 17 heavy (non-hydrogen) atoms. The molecule has 2 N–H and O–H groups in total. The summed E-state index contributed by atoms with van der Waals surface area (Å²) in [6.45, 7) is 11.8. The summed E-state index contributed by atoms with van der Waals surface area (Å²) < 4.78 is 0. The molecule has 0 radical (unpaired) electrons. The van der Waals surface area contributed by atoms with Crippen LogP contribution in [0.4, 0.5) is 5.69 Å². The second-order valence-corrected chi connectivity index (χ2v) is 5.25. The molecule has 0 aliphatic heterocycles. The van der Waals surface area contributed by atoms with E-state index in [9.17, 15) is 5.11 Å². The van der Waals surface area contributed by atoms with Crippen LogP contribution in [0.15, 0.2) is 12.1 Å². The Labute approximate surface area is 105 Å². The molecule has 0 saturated heterocycles. The molecule has 0 saturated carbocycles. The molecule has 1 aromatic rings. The van der Waals surface area contributed by atoms with E-state index in [0.717, 1.165) is 6.54 Å². The highest BCUT2D eigenvalue weighted by Gasteiger charge is 2.12. The first kappa shape index (κ1) is 14.0. The lowest BCUT2D eigenvalue weighted by Crippen LogP contribution is -2.23. The van der Waals surface area contributed by atoms with Gasteiger partial charge >= 0.3 is 0 Å². The molecule has 1 atom stereocenters. The van der Waals surface area contributed by atoms with Crippen molar-refractivity contribution < 1.29 is 5.11 Å². The molecule has 0 aromatic heterocycles. The van der Waals surface area contributed by atoms with E-state index >= 15 is 0 Å². The third-order valence-electron chi connectivity index (χ3n) is 3.79. The lowest BCUT2D eigenvalue weighted by atomic mass is 9.96. The minimum atomic E-state index is 0.245. The maximum atomic E-state index is 9.30. The van der Waals surface area contributed by atoms with Crippen molar-refractivity contribution in [2.75, 3.05) is 18.5 Å². The number of nitrogens with one attached hydrogen (secondary N) is 1. The summed E-state index contributed by atoms with van der Waals surface area (Å²) in [5, 5.41) is 12.8. The number of hydrogen-bond acceptors (Lipinski definition) is 2. The van der Waals surface area contributed by atoms with Gasteiger partial charge < -0.3 is 10.4 Å². The number of aliphatic hydroxyl groups excluding tert-OH is 1. The van der Waals surface area contributed by atoms with Gasteiger partial charge in [0, 0.05) is 24.8 Å². The van der Waals surface area contributed by atoms with Crippen molar-refractivity contribution in [1.29, 1.82) is 0 Å². The highest BCUT2D eigenvalue weighted by molar-refractivity contribution is 5.55. The quantitative estimate of drug-likeness (QED) is 0.821. The van der Waals surface area contributed by atoms with Crippen LogP contribution in [0.3, 0.4) is 0 Å². The summed E-state index contributed by atoms with van der Waals surface area (Å²) in [5.41, 5.74) is 5.17. The Kier molecular flexibility index (Phi) is 5.01. The minimum absolute atomic E-state index is 0.245. The first-order valence-corrected chi connectivity index (χ1v) is 6.38. The molecule has 2 nitrogen and oxygen atoms in total. The lowest BCUT2D eigenvalue weighted by Gasteiger charge is -2.21. The largest absolute Gasteiger partial charge is 0.396 e. The van der Waals surface area contributed by atoms with Crippen LogP contribution in [-0.4, -0.2) is 18.3 Å². The van der Waals surface area contributed by atoms with Gasteiger partial charge in [-0.3, -0.25) is 0 Å². The number of rotatable bonds is 5. The Bertz CT molecular complexity index is 371. The van der Waals surface area contributed by atoms with Gasteiger partial charge in [-0.1, -0.05) is 19.9 Å². The summed E-state index contributed by atoms with van der Waals surface area (Å²) in [7, 11) is 0. The van der Waals surface area contributed by atoms with E-state index in [4.69, 9.17) is 0 Å². The van der Waals surface area contributed by atoms with Crippen LogP contribution in [0.1, 0.15) is 30.5 Å². The Morgan fingerprint density at radius 3 is 2.29 bits per heavy atom. The number of hydrogen-bond donors (Lipinski definition) is 2. The van der Waals surface area contributed by atoms with Crippen LogP contribution in [0.2, 0.25) is 0 Å². The van der Waals surface area contributed by atoms with Gasteiger partial charge in [-0.05, 0) is 49.4 Å². The summed E-state index contributed by atoms with van der Waals surface area (Å²) in [6.07, 6.45) is 0. The van der Waals surface area contributed by atoms with E-state index in [1.165, 1.54) is 22.4 Å². The van der Waals surface area contributed by atoms with E-state index in [2.05, 4.69) is 52.1 Å². The molecule has 0 heterocycles. The predicted molar refractivity (Wildman–Crippen MR) is 74.6 cm³/mol. The fraction of sp³-hybridized carbons (Fsp3) is 0.600. The summed E-state index contributed by atoms with van der Waals surface area (Å²) in [5.74, 6) is 0.815. The first-order valence-electron chi connectivity index (χ1n) is 6.38. The van der Waals surface area contributed by atoms with Crippen molar-refractivity contribution in [3.63, 3.8) is 0 Å². The van der Waals surface area contributed by atoms with Crippen LogP contribution in [0.5, 0.6) is 0 Å². The van der Waals surface area contributed by atoms with Gasteiger partial charge in [0.05, 0.1) is 0 Å². The topological polar surface area (TPSA) is 32.3 Å². The third-order valence-corrected chi connectivity index (χ3v) is 3.79. The molecule has 0 bridgehead atoms. The number of benzene rings is 1. The van der Waals surface area contributed by atoms with Crippen molar-refractivity contribution >= 4 is 5.69 Å². The summed E-state index contributed by atoms with van der Waals surface area (Å²) in [4.78, 5) is 0. The molecule has 1 aromatic carbocycles. The summed E-state index contributed by atoms with van der Waals surface area (Å²) >= 11 is 0. The van der Waals surface area contributed by atoms with Gasteiger partial charge in [-0.25, -0.2) is 0 Å². The van der Waals surface area contributed by atoms with Crippen LogP contribution in [-0.2, 0) is 0 Å². The average Bonchev–Trinajstić information content (AvgIpc) is 2.29. The molecule has 1 unspecified atom stereocenters. The molecule has 2 heteroatoms. The monoisotopic (exact) mass is 235 g/mol. The predicted octanol–water partition coefficient (Wildman–Crippen LogP) is 3.29. The fourth-order valence-corrected chi connectivity index (χ4v) is 1.90. The van der Waals surface area contributed by atoms with Crippen molar-refractivity contribution in [1.82, 2.24) is 0 Å². The second-order valence-electron chi connectivity index (χ2n) is 5.25. The van der Waals surface area contributed by atoms with Gasteiger partial charge in [0.25, 0.3) is 0 Å². The zero-order valence-corrected chi connectivity index (χ0v) is 11.7. The molecule has 0 aliphatic carbocycles. The second kappa shape index (κ2) is 6.06. The van der Waals surface area contributed by atoms with Crippen LogP contribution < -0.4 is 5.32 Å². The molecule has 0 aliphatic rings. The normalized spacial score (nSPS) is 12.9. The zero-order valence-electron chi connectivity index (χ0n) is 11.7. The smallest absolute Gasteiger partial charge is 0.0478 e. The molecule has 96 valence electrons. The first-order chi connectivity index (χ1) is 7.97. The van der Waals surface area contributed by atoms with Gasteiger partial charge in [0.1, 0.15) is 0 Å². The van der Waals surface area contributed by atoms with E-state index in [1.807, 2.05) is 0 Å². The van der Waals surface area contributed by atoms with Crippen molar-refractivity contribution in [2.24, 2.45) is 11.8 Å². The Morgan fingerprint density at radius 1 is 1.12 bits per heavy atom. The van der Waals surface area contributed by atoms with Gasteiger partial charge in [0.15, 0.2) is 0 Å². The highest BCUT2D eigenvalue weighted by atomic mass is 16.3. The zero-order chi connectivity index (χ0) is 13.0. The van der Waals surface area contributed by atoms with Gasteiger partial charge in [-0.15, -0.1) is 0 Å². The molecular weight excluding hydrogens is 210 g/mol. The van der Waals surface area contributed by atoms with Gasteiger partial charge in [-0.2, -0.15) is 0 Å². The third kappa shape index (κ3) is 3.47. The van der Waals surface area contributed by atoms with Crippen molar-refractivity contribution in [3.8, 4) is 0 Å². The molecular formula is C15H25NO. The van der Waals surface area contributed by atoms with Crippen molar-refractivity contribution in [2.45, 2.75) is 34.6 Å². The van der Waals surface area contributed by atoms with Gasteiger partial charge in [0.2, 0.25) is 0 Å². The number of anilines is 1. The average molecular weight is 235 g/mol. The minimum Gasteiger partial charge on any atom is -0.396 e. The SMILES string of the molecule is Cc1ccc(NCC(CO)C(C)C)c(C)c1C. The lowest BCUT2D eigenvalue weighted by molar-refractivity contribution is 0.198. The standard InChI is InChI=1S/C15H25NO/c1-10(2)14(9-17)8-16-15-7-6-11(3)12(4)13(15)5/h6-7,10,14,16-17H,8-9H2,1-5H3. The molecule has 1 rings (SSSR count). The van der Waals surface area contributed by atoms with E-state index in [0.29, 0.717) is 11.8 Å². The van der Waals surface area contributed by atoms with Crippen LogP contribution >= 0.6 is 0 Å². The fourth-order valence-electron chi connectivity index (χ4n) is 1.90. The van der Waals surface area contributed by atoms with Crippen LogP contribution in [0, 0.1) is 32.6 Å². The maximum absolute atomic E-state index is 9.30. The Hall–Kier alpha value is -1.02. The Morgan fingerprint density at radius 2 is 1.76 bits per heavy atom. The molecule has 0 amide bonds. The Balaban J connectivity index is 2.73. The highest BCUT2D eigenvalue weighted by Crippen LogP contribution is 2.22. The van der Waals surface area contributed by atoms with E-state index < -0.39 is 0 Å².